The highest BCUT2D eigenvalue weighted by Gasteiger charge is 2.30. The molecule has 3 rings (SSSR count). The van der Waals surface area contributed by atoms with Gasteiger partial charge in [0.15, 0.2) is 0 Å². The summed E-state index contributed by atoms with van der Waals surface area (Å²) < 4.78 is 15.7. The number of aromatic nitrogens is 1. The van der Waals surface area contributed by atoms with E-state index in [-0.39, 0.29) is 24.5 Å². The summed E-state index contributed by atoms with van der Waals surface area (Å²) in [5.41, 5.74) is 2.60. The van der Waals surface area contributed by atoms with E-state index in [4.69, 9.17) is 14.0 Å². The lowest BCUT2D eigenvalue weighted by molar-refractivity contribution is -0.139. The van der Waals surface area contributed by atoms with Gasteiger partial charge in [0.25, 0.3) is 0 Å². The second kappa shape index (κ2) is 10.4. The number of carbonyl (C=O) groups excluding carboxylic acids is 3. The molecule has 170 valence electrons. The topological polar surface area (TPSA) is 120 Å². The van der Waals surface area contributed by atoms with Gasteiger partial charge in [-0.3, -0.25) is 0 Å². The molecule has 2 aromatic rings. The molecule has 2 N–H and O–H groups in total. The van der Waals surface area contributed by atoms with E-state index >= 15 is 0 Å². The number of nitrogens with one attached hydrogen (secondary N) is 2. The third kappa shape index (κ3) is 5.31. The Labute approximate surface area is 189 Å². The molecule has 1 aliphatic heterocycles. The van der Waals surface area contributed by atoms with E-state index in [2.05, 4.69) is 15.8 Å². The van der Waals surface area contributed by atoms with Crippen molar-refractivity contribution >= 4 is 29.7 Å². The number of ether oxygens (including phenoxy) is 2. The summed E-state index contributed by atoms with van der Waals surface area (Å²) in [5, 5.41) is 9.10. The number of benzene rings is 1. The van der Waals surface area contributed by atoms with Crippen LogP contribution in [0.15, 0.2) is 45.0 Å². The van der Waals surface area contributed by atoms with Crippen LogP contribution in [0.5, 0.6) is 0 Å². The zero-order valence-electron chi connectivity index (χ0n) is 18.3. The lowest BCUT2D eigenvalue weighted by atomic mass is 10.0. The lowest BCUT2D eigenvalue weighted by Gasteiger charge is -2.26. The summed E-state index contributed by atoms with van der Waals surface area (Å²) in [6.45, 7) is 6.98. The number of hydrogen-bond acceptors (Lipinski definition) is 8. The van der Waals surface area contributed by atoms with E-state index in [0.29, 0.717) is 11.3 Å². The van der Waals surface area contributed by atoms with Gasteiger partial charge in [-0.15, -0.1) is 11.8 Å². The Hall–Kier alpha value is -3.27. The van der Waals surface area contributed by atoms with Gasteiger partial charge >= 0.3 is 18.0 Å². The maximum atomic E-state index is 12.8. The average molecular weight is 460 g/mol. The number of rotatable bonds is 8. The van der Waals surface area contributed by atoms with Crippen LogP contribution < -0.4 is 10.6 Å². The van der Waals surface area contributed by atoms with Crippen molar-refractivity contribution in [3.63, 3.8) is 0 Å². The Balaban J connectivity index is 1.75. The monoisotopic (exact) mass is 459 g/mol. The number of aryl methyl sites for hydroxylation is 2. The van der Waals surface area contributed by atoms with Crippen LogP contribution in [0, 0.1) is 13.8 Å². The fraction of sp³-hybridized carbons (Fsp3) is 0.364. The number of esters is 2. The van der Waals surface area contributed by atoms with E-state index in [1.165, 1.54) is 11.8 Å². The minimum Gasteiger partial charge on any atom is -0.463 e. The molecular weight excluding hydrogens is 434 g/mol. The van der Waals surface area contributed by atoms with Crippen molar-refractivity contribution in [2.24, 2.45) is 0 Å². The van der Waals surface area contributed by atoms with Gasteiger partial charge in [-0.1, -0.05) is 17.3 Å². The average Bonchev–Trinajstić information content (AvgIpc) is 3.07. The molecule has 0 aliphatic carbocycles. The number of nitrogens with zero attached hydrogens (tertiary/aromatic N) is 1. The van der Waals surface area contributed by atoms with E-state index in [0.717, 1.165) is 21.9 Å². The van der Waals surface area contributed by atoms with Crippen LogP contribution >= 0.6 is 11.8 Å². The highest BCUT2D eigenvalue weighted by molar-refractivity contribution is 7.98. The largest absolute Gasteiger partial charge is 0.463 e. The molecule has 1 aromatic carbocycles. The van der Waals surface area contributed by atoms with Gasteiger partial charge in [-0.25, -0.2) is 14.4 Å². The molecule has 2 heterocycles. The van der Waals surface area contributed by atoms with Crippen LogP contribution in [0.3, 0.4) is 0 Å². The standard InChI is InChI=1S/C22H25N3O6S/c1-5-29-21(27)19-13(3)23-22(28)24-17(19)10-30-20(26)15-8-6-7-9-18(15)32-11-16-12(2)25-31-14(16)4/h6-9,13H,5,10-11H2,1-4H3,(H2,23,24,28). The second-order valence-electron chi connectivity index (χ2n) is 7.10. The molecular formula is C22H25N3O6S. The summed E-state index contributed by atoms with van der Waals surface area (Å²) in [6.07, 6.45) is 0. The van der Waals surface area contributed by atoms with Crippen molar-refractivity contribution in [2.75, 3.05) is 13.2 Å². The summed E-state index contributed by atoms with van der Waals surface area (Å²) in [4.78, 5) is 37.8. The van der Waals surface area contributed by atoms with Gasteiger partial charge in [0, 0.05) is 16.2 Å². The SMILES string of the molecule is CCOC(=O)C1=C(COC(=O)c2ccccc2SCc2c(C)noc2C)NC(=O)NC1C. The van der Waals surface area contributed by atoms with Crippen LogP contribution in [-0.2, 0) is 20.0 Å². The molecule has 9 nitrogen and oxygen atoms in total. The number of urea groups is 1. The number of hydrogen-bond donors (Lipinski definition) is 2. The van der Waals surface area contributed by atoms with Crippen molar-refractivity contribution < 1.29 is 28.4 Å². The van der Waals surface area contributed by atoms with Crippen molar-refractivity contribution in [2.45, 2.75) is 44.4 Å². The molecule has 2 amide bonds. The first kappa shape index (κ1) is 23.4. The summed E-state index contributed by atoms with van der Waals surface area (Å²) >= 11 is 1.47. The summed E-state index contributed by atoms with van der Waals surface area (Å²) in [6, 6.07) is 6.03. The van der Waals surface area contributed by atoms with Crippen LogP contribution in [0.1, 0.15) is 41.2 Å². The van der Waals surface area contributed by atoms with Gasteiger partial charge in [0.2, 0.25) is 0 Å². The number of amides is 2. The molecule has 0 spiro atoms. The van der Waals surface area contributed by atoms with Crippen LogP contribution in [0.2, 0.25) is 0 Å². The molecule has 0 saturated heterocycles. The van der Waals surface area contributed by atoms with Gasteiger partial charge in [-0.05, 0) is 39.8 Å². The van der Waals surface area contributed by atoms with Crippen molar-refractivity contribution in [3.05, 3.63) is 58.1 Å². The molecule has 0 fully saturated rings. The molecule has 1 unspecified atom stereocenters. The van der Waals surface area contributed by atoms with Crippen molar-refractivity contribution in [3.8, 4) is 0 Å². The van der Waals surface area contributed by atoms with Gasteiger partial charge < -0.3 is 24.6 Å². The summed E-state index contributed by atoms with van der Waals surface area (Å²) in [7, 11) is 0. The Morgan fingerprint density at radius 2 is 1.94 bits per heavy atom. The lowest BCUT2D eigenvalue weighted by Crippen LogP contribution is -2.50. The van der Waals surface area contributed by atoms with Gasteiger partial charge in [0.1, 0.15) is 12.4 Å². The van der Waals surface area contributed by atoms with E-state index in [1.807, 2.05) is 26.0 Å². The number of carbonyl (C=O) groups is 3. The molecule has 10 heteroatoms. The molecule has 0 bridgehead atoms. The first-order valence-corrected chi connectivity index (χ1v) is 11.1. The Kier molecular flexibility index (Phi) is 7.57. The van der Waals surface area contributed by atoms with E-state index in [1.54, 1.807) is 26.0 Å². The Morgan fingerprint density at radius 1 is 1.19 bits per heavy atom. The maximum Gasteiger partial charge on any atom is 0.339 e. The number of thioether (sulfide) groups is 1. The van der Waals surface area contributed by atoms with Gasteiger partial charge in [0.05, 0.1) is 35.2 Å². The fourth-order valence-corrected chi connectivity index (χ4v) is 4.42. The predicted molar refractivity (Wildman–Crippen MR) is 117 cm³/mol. The van der Waals surface area contributed by atoms with Gasteiger partial charge in [-0.2, -0.15) is 0 Å². The zero-order chi connectivity index (χ0) is 23.3. The quantitative estimate of drug-likeness (QED) is 0.456. The molecule has 0 radical (unpaired) electrons. The molecule has 0 saturated carbocycles. The van der Waals surface area contributed by atoms with Crippen molar-refractivity contribution in [1.82, 2.24) is 15.8 Å². The molecule has 1 atom stereocenters. The van der Waals surface area contributed by atoms with Crippen LogP contribution in [0.25, 0.3) is 0 Å². The minimum atomic E-state index is -0.575. The summed E-state index contributed by atoms with van der Waals surface area (Å²) in [5.74, 6) is 0.185. The second-order valence-corrected chi connectivity index (χ2v) is 8.11. The Bertz CT molecular complexity index is 1040. The van der Waals surface area contributed by atoms with E-state index < -0.39 is 24.0 Å². The molecule has 32 heavy (non-hydrogen) atoms. The Morgan fingerprint density at radius 3 is 2.62 bits per heavy atom. The highest BCUT2D eigenvalue weighted by Crippen LogP contribution is 2.29. The fourth-order valence-electron chi connectivity index (χ4n) is 3.23. The zero-order valence-corrected chi connectivity index (χ0v) is 19.1. The predicted octanol–water partition coefficient (Wildman–Crippen LogP) is 3.26. The van der Waals surface area contributed by atoms with Crippen LogP contribution in [0.4, 0.5) is 4.79 Å². The first-order valence-electron chi connectivity index (χ1n) is 10.1. The maximum absolute atomic E-state index is 12.8. The first-order chi connectivity index (χ1) is 15.3. The highest BCUT2D eigenvalue weighted by atomic mass is 32.2. The van der Waals surface area contributed by atoms with E-state index in [9.17, 15) is 14.4 Å². The molecule has 1 aromatic heterocycles. The minimum absolute atomic E-state index is 0.186. The third-order valence-electron chi connectivity index (χ3n) is 4.87. The molecule has 1 aliphatic rings. The normalized spacial score (nSPS) is 15.8. The van der Waals surface area contributed by atoms with Crippen LogP contribution in [-0.4, -0.2) is 42.4 Å². The smallest absolute Gasteiger partial charge is 0.339 e. The van der Waals surface area contributed by atoms with Crippen molar-refractivity contribution in [1.29, 1.82) is 0 Å². The third-order valence-corrected chi connectivity index (χ3v) is 5.97.